The number of carbonyl (C=O) groups excluding carboxylic acids is 1. The van der Waals surface area contributed by atoms with Crippen molar-refractivity contribution in [3.05, 3.63) is 63.7 Å². The van der Waals surface area contributed by atoms with E-state index in [1.54, 1.807) is 22.8 Å². The van der Waals surface area contributed by atoms with Crippen LogP contribution in [-0.4, -0.2) is 21.2 Å². The number of hydrogen-bond acceptors (Lipinski definition) is 4. The average Bonchev–Trinajstić information content (AvgIpc) is 2.66. The van der Waals surface area contributed by atoms with E-state index in [4.69, 9.17) is 11.6 Å². The Hall–Kier alpha value is -2.38. The van der Waals surface area contributed by atoms with Crippen LogP contribution >= 0.6 is 23.4 Å². The van der Waals surface area contributed by atoms with E-state index >= 15 is 0 Å². The van der Waals surface area contributed by atoms with Crippen LogP contribution in [0.5, 0.6) is 0 Å². The lowest BCUT2D eigenvalue weighted by atomic mass is 10.2. The second-order valence-electron chi connectivity index (χ2n) is 5.83. The molecule has 0 aliphatic carbocycles. The highest BCUT2D eigenvalue weighted by Gasteiger charge is 2.14. The zero-order chi connectivity index (χ0) is 19.4. The molecule has 1 N–H and O–H groups in total. The van der Waals surface area contributed by atoms with Gasteiger partial charge in [0.1, 0.15) is 5.82 Å². The Morgan fingerprint density at radius 2 is 2.07 bits per heavy atom. The van der Waals surface area contributed by atoms with Crippen LogP contribution < -0.4 is 10.9 Å². The minimum atomic E-state index is -0.565. The number of nitrogens with one attached hydrogen (secondary N) is 1. The summed E-state index contributed by atoms with van der Waals surface area (Å²) in [6, 6.07) is 11.0. The minimum absolute atomic E-state index is 0.0134. The lowest BCUT2D eigenvalue weighted by molar-refractivity contribution is -0.113. The quantitative estimate of drug-likeness (QED) is 0.489. The third-order valence-corrected chi connectivity index (χ3v) is 5.02. The normalized spacial score (nSPS) is 10.9. The van der Waals surface area contributed by atoms with Gasteiger partial charge in [0.25, 0.3) is 5.56 Å². The second-order valence-corrected chi connectivity index (χ2v) is 7.21. The fourth-order valence-corrected chi connectivity index (χ4v) is 3.59. The molecule has 0 saturated carbocycles. The third-order valence-electron chi connectivity index (χ3n) is 3.81. The van der Waals surface area contributed by atoms with E-state index in [1.165, 1.54) is 18.2 Å². The molecule has 1 amide bonds. The van der Waals surface area contributed by atoms with Crippen molar-refractivity contribution in [3.63, 3.8) is 0 Å². The molecule has 3 aromatic rings. The third kappa shape index (κ3) is 4.48. The van der Waals surface area contributed by atoms with Crippen LogP contribution in [0.4, 0.5) is 10.1 Å². The zero-order valence-corrected chi connectivity index (χ0v) is 16.1. The Morgan fingerprint density at radius 1 is 1.30 bits per heavy atom. The molecule has 5 nitrogen and oxygen atoms in total. The molecule has 0 unspecified atom stereocenters. The van der Waals surface area contributed by atoms with Gasteiger partial charge in [0, 0.05) is 11.6 Å². The van der Waals surface area contributed by atoms with Crippen molar-refractivity contribution in [2.24, 2.45) is 0 Å². The molecule has 0 aliphatic heterocycles. The van der Waals surface area contributed by atoms with Gasteiger partial charge in [-0.05, 0) is 36.8 Å². The Morgan fingerprint density at radius 3 is 2.85 bits per heavy atom. The Balaban J connectivity index is 1.81. The van der Waals surface area contributed by atoms with Crippen LogP contribution in [-0.2, 0) is 11.3 Å². The monoisotopic (exact) mass is 405 g/mol. The number of para-hydroxylation sites is 1. The van der Waals surface area contributed by atoms with Gasteiger partial charge in [-0.2, -0.15) is 0 Å². The van der Waals surface area contributed by atoms with E-state index in [-0.39, 0.29) is 17.0 Å². The average molecular weight is 406 g/mol. The van der Waals surface area contributed by atoms with Crippen LogP contribution in [0, 0.1) is 5.82 Å². The number of fused-ring (bicyclic) bond motifs is 1. The van der Waals surface area contributed by atoms with Gasteiger partial charge >= 0.3 is 0 Å². The molecule has 0 radical (unpaired) electrons. The Labute approximate surface area is 164 Å². The number of thioether (sulfide) groups is 1. The molecular formula is C19H17ClFN3O2S. The van der Waals surface area contributed by atoms with Gasteiger partial charge in [-0.25, -0.2) is 9.37 Å². The number of halogens is 2. The van der Waals surface area contributed by atoms with Gasteiger partial charge in [0.2, 0.25) is 5.91 Å². The van der Waals surface area contributed by atoms with Crippen LogP contribution in [0.3, 0.4) is 0 Å². The first-order valence-electron chi connectivity index (χ1n) is 8.37. The highest BCUT2D eigenvalue weighted by atomic mass is 35.5. The summed E-state index contributed by atoms with van der Waals surface area (Å²) in [5.41, 5.74) is 0.468. The molecule has 0 spiro atoms. The van der Waals surface area contributed by atoms with Gasteiger partial charge in [0.15, 0.2) is 5.16 Å². The molecule has 2 aromatic carbocycles. The fraction of sp³-hybridized carbons (Fsp3) is 0.211. The molecule has 0 atom stereocenters. The number of hydrogen-bond donors (Lipinski definition) is 1. The van der Waals surface area contributed by atoms with Crippen molar-refractivity contribution in [1.82, 2.24) is 9.55 Å². The van der Waals surface area contributed by atoms with E-state index in [9.17, 15) is 14.0 Å². The predicted molar refractivity (Wildman–Crippen MR) is 107 cm³/mol. The van der Waals surface area contributed by atoms with Gasteiger partial charge in [-0.3, -0.25) is 14.2 Å². The molecule has 3 rings (SSSR count). The molecule has 27 heavy (non-hydrogen) atoms. The summed E-state index contributed by atoms with van der Waals surface area (Å²) in [5.74, 6) is -0.989. The topological polar surface area (TPSA) is 64.0 Å². The van der Waals surface area contributed by atoms with E-state index in [0.29, 0.717) is 27.6 Å². The molecule has 0 saturated heterocycles. The van der Waals surface area contributed by atoms with Gasteiger partial charge < -0.3 is 5.32 Å². The summed E-state index contributed by atoms with van der Waals surface area (Å²) < 4.78 is 15.3. The maximum absolute atomic E-state index is 13.7. The second kappa shape index (κ2) is 8.54. The smallest absolute Gasteiger partial charge is 0.262 e. The van der Waals surface area contributed by atoms with Crippen molar-refractivity contribution in [1.29, 1.82) is 0 Å². The van der Waals surface area contributed by atoms with Crippen molar-refractivity contribution in [2.45, 2.75) is 25.0 Å². The predicted octanol–water partition coefficient (Wildman–Crippen LogP) is 4.33. The summed E-state index contributed by atoms with van der Waals surface area (Å²) in [4.78, 5) is 29.4. The first-order chi connectivity index (χ1) is 13.0. The fourth-order valence-electron chi connectivity index (χ4n) is 2.59. The number of rotatable bonds is 6. The van der Waals surface area contributed by atoms with E-state index in [1.807, 2.05) is 13.0 Å². The summed E-state index contributed by atoms with van der Waals surface area (Å²) >= 11 is 6.97. The van der Waals surface area contributed by atoms with E-state index in [2.05, 4.69) is 10.3 Å². The van der Waals surface area contributed by atoms with Crippen molar-refractivity contribution in [3.8, 4) is 0 Å². The lowest BCUT2D eigenvalue weighted by Gasteiger charge is -2.12. The van der Waals surface area contributed by atoms with Crippen molar-refractivity contribution < 1.29 is 9.18 Å². The molecule has 1 heterocycles. The lowest BCUT2D eigenvalue weighted by Crippen LogP contribution is -2.24. The molecular weight excluding hydrogens is 389 g/mol. The maximum atomic E-state index is 13.7. The standard InChI is InChI=1S/C19H17ClFN3O2S/c1-2-9-24-18(26)13-5-3-4-6-15(13)23-19(24)27-11-17(25)22-16-10-12(20)7-8-14(16)21/h3-8,10H,2,9,11H2,1H3,(H,22,25). The first kappa shape index (κ1) is 19.4. The summed E-state index contributed by atoms with van der Waals surface area (Å²) in [6.07, 6.45) is 0.757. The molecule has 1 aromatic heterocycles. The molecule has 140 valence electrons. The zero-order valence-electron chi connectivity index (χ0n) is 14.5. The molecule has 0 aliphatic rings. The van der Waals surface area contributed by atoms with Crippen LogP contribution in [0.15, 0.2) is 52.4 Å². The number of amides is 1. The summed E-state index contributed by atoms with van der Waals surface area (Å²) in [7, 11) is 0. The van der Waals surface area contributed by atoms with Crippen LogP contribution in [0.25, 0.3) is 10.9 Å². The largest absolute Gasteiger partial charge is 0.323 e. The Bertz CT molecular complexity index is 1050. The number of anilines is 1. The molecule has 0 fully saturated rings. The summed E-state index contributed by atoms with van der Waals surface area (Å²) in [5, 5.41) is 3.82. The minimum Gasteiger partial charge on any atom is -0.323 e. The van der Waals surface area contributed by atoms with E-state index in [0.717, 1.165) is 18.2 Å². The van der Waals surface area contributed by atoms with Gasteiger partial charge in [-0.15, -0.1) is 0 Å². The van der Waals surface area contributed by atoms with Gasteiger partial charge in [-0.1, -0.05) is 42.4 Å². The highest BCUT2D eigenvalue weighted by Crippen LogP contribution is 2.21. The first-order valence-corrected chi connectivity index (χ1v) is 9.73. The number of benzene rings is 2. The Kier molecular flexibility index (Phi) is 6.13. The number of carbonyl (C=O) groups is 1. The van der Waals surface area contributed by atoms with Crippen LogP contribution in [0.2, 0.25) is 5.02 Å². The SMILES string of the molecule is CCCn1c(SCC(=O)Nc2cc(Cl)ccc2F)nc2ccccc2c1=O. The molecule has 8 heteroatoms. The molecule has 0 bridgehead atoms. The summed E-state index contributed by atoms with van der Waals surface area (Å²) in [6.45, 7) is 2.47. The highest BCUT2D eigenvalue weighted by molar-refractivity contribution is 7.99. The number of nitrogens with zero attached hydrogens (tertiary/aromatic N) is 2. The van der Waals surface area contributed by atoms with Gasteiger partial charge in [0.05, 0.1) is 22.3 Å². The number of aromatic nitrogens is 2. The maximum Gasteiger partial charge on any atom is 0.262 e. The van der Waals surface area contributed by atoms with Crippen molar-refractivity contribution in [2.75, 3.05) is 11.1 Å². The van der Waals surface area contributed by atoms with Crippen LogP contribution in [0.1, 0.15) is 13.3 Å². The van der Waals surface area contributed by atoms with E-state index < -0.39 is 11.7 Å². The van der Waals surface area contributed by atoms with Crippen molar-refractivity contribution >= 4 is 45.9 Å².